The average molecular weight is 381 g/mol. The summed E-state index contributed by atoms with van der Waals surface area (Å²) in [6, 6.07) is 2.77. The summed E-state index contributed by atoms with van der Waals surface area (Å²) in [6.45, 7) is 6.53. The van der Waals surface area contributed by atoms with Gasteiger partial charge < -0.3 is 15.1 Å². The molecule has 0 aliphatic heterocycles. The van der Waals surface area contributed by atoms with Crippen LogP contribution in [0.4, 0.5) is 0 Å². The first-order chi connectivity index (χ1) is 11.2. The van der Waals surface area contributed by atoms with E-state index >= 15 is 0 Å². The van der Waals surface area contributed by atoms with Crippen LogP contribution in [0.1, 0.15) is 64.2 Å². The molecule has 4 N–H and O–H groups in total. The zero-order valence-electron chi connectivity index (χ0n) is 15.9. The van der Waals surface area contributed by atoms with Crippen LogP contribution >= 0.6 is 7.82 Å². The fourth-order valence-corrected chi connectivity index (χ4v) is 4.72. The maximum absolute atomic E-state index is 10.2. The van der Waals surface area contributed by atoms with E-state index in [4.69, 9.17) is 9.79 Å². The third-order valence-corrected chi connectivity index (χ3v) is 7.18. The number of nitrogens with two attached hydrogens (primary N) is 1. The highest BCUT2D eigenvalue weighted by Gasteiger charge is 2.22. The molecule has 0 aromatic heterocycles. The topological polar surface area (TPSA) is 83.4 Å². The lowest BCUT2D eigenvalue weighted by Crippen LogP contribution is -2.95. The zero-order valence-corrected chi connectivity index (χ0v) is 17.8. The van der Waals surface area contributed by atoms with Gasteiger partial charge in [-0.1, -0.05) is 32.5 Å². The number of hydrogen-bond acceptors (Lipinski definition) is 2. The van der Waals surface area contributed by atoms with Gasteiger partial charge in [-0.2, -0.15) is 0 Å². The zero-order chi connectivity index (χ0) is 18.1. The van der Waals surface area contributed by atoms with Gasteiger partial charge in [0.25, 0.3) is 0 Å². The lowest BCUT2D eigenvalue weighted by molar-refractivity contribution is -0.725. The minimum absolute atomic E-state index is 0.167. The van der Waals surface area contributed by atoms with E-state index in [0.29, 0.717) is 0 Å². The van der Waals surface area contributed by atoms with Gasteiger partial charge >= 0.3 is 7.82 Å². The average Bonchev–Trinajstić information content (AvgIpc) is 2.47. The van der Waals surface area contributed by atoms with Crippen molar-refractivity contribution in [1.82, 2.24) is 0 Å². The molecule has 0 atom stereocenters. The molecule has 24 heavy (non-hydrogen) atoms. The number of rotatable bonds is 6. The monoisotopic (exact) mass is 380 g/mol. The summed E-state index contributed by atoms with van der Waals surface area (Å²) in [4.78, 5) is 16.6. The summed E-state index contributed by atoms with van der Waals surface area (Å²) in [5.41, 5.74) is 0. The first-order valence-corrected chi connectivity index (χ1v) is 14.9. The molecule has 0 aromatic carbocycles. The van der Waals surface area contributed by atoms with Gasteiger partial charge in [0.2, 0.25) is 0 Å². The Kier molecular flexibility index (Phi) is 10.3. The lowest BCUT2D eigenvalue weighted by Gasteiger charge is -2.27. The highest BCUT2D eigenvalue weighted by atomic mass is 31.2. The molecule has 0 amide bonds. The third-order valence-electron chi connectivity index (χ3n) is 4.96. The van der Waals surface area contributed by atoms with Crippen molar-refractivity contribution in [3.8, 4) is 0 Å². The van der Waals surface area contributed by atoms with E-state index in [2.05, 4.69) is 29.5 Å². The molecular weight excluding hydrogens is 341 g/mol. The summed E-state index contributed by atoms with van der Waals surface area (Å²) >= 11 is 0. The molecule has 0 unspecified atom stereocenters. The Balaban J connectivity index is 0.000000245. The fourth-order valence-electron chi connectivity index (χ4n) is 3.51. The van der Waals surface area contributed by atoms with Gasteiger partial charge in [-0.15, -0.1) is 0 Å². The predicted molar refractivity (Wildman–Crippen MR) is 102 cm³/mol. The second kappa shape index (κ2) is 11.1. The molecule has 144 valence electrons. The SMILES string of the molecule is C1CCC([NH2+]C2CCCCC2)CC1.C[Si](C)(C)CCOP(=O)(O)O. The number of phosphoric acid groups is 1. The smallest absolute Gasteiger partial charge is 0.341 e. The van der Waals surface area contributed by atoms with Gasteiger partial charge in [-0.05, 0) is 57.4 Å². The summed E-state index contributed by atoms with van der Waals surface area (Å²) in [5.74, 6) is 0. The maximum atomic E-state index is 10.2. The standard InChI is InChI=1S/C12H23N.C5H15O4PSi/c1-3-7-11(8-4-1)13-12-9-5-2-6-10-12;1-11(2,3)5-4-9-10(6,7)8/h11-13H,1-10H2;4-5H2,1-3H3,(H2,6,7,8)/p+1. The van der Waals surface area contributed by atoms with E-state index in [1.807, 2.05) is 0 Å². The molecule has 2 rings (SSSR count). The summed E-state index contributed by atoms with van der Waals surface area (Å²) in [7, 11) is -5.45. The molecule has 2 fully saturated rings. The van der Waals surface area contributed by atoms with Crippen molar-refractivity contribution in [2.24, 2.45) is 0 Å². The molecule has 0 saturated heterocycles. The van der Waals surface area contributed by atoms with Gasteiger partial charge in [0.15, 0.2) is 0 Å². The van der Waals surface area contributed by atoms with Crippen molar-refractivity contribution in [3.05, 3.63) is 0 Å². The van der Waals surface area contributed by atoms with Gasteiger partial charge in [0.05, 0.1) is 18.7 Å². The van der Waals surface area contributed by atoms with Crippen LogP contribution in [0.3, 0.4) is 0 Å². The second-order valence-electron chi connectivity index (χ2n) is 8.62. The Morgan fingerprint density at radius 1 is 0.917 bits per heavy atom. The van der Waals surface area contributed by atoms with Crippen LogP contribution in [0, 0.1) is 0 Å². The first-order valence-electron chi connectivity index (χ1n) is 9.71. The Morgan fingerprint density at radius 2 is 1.33 bits per heavy atom. The van der Waals surface area contributed by atoms with E-state index < -0.39 is 15.9 Å². The largest absolute Gasteiger partial charge is 0.469 e. The molecule has 2 aliphatic rings. The molecular formula is C17H39NO4PSi+. The maximum Gasteiger partial charge on any atom is 0.469 e. The molecule has 2 aliphatic carbocycles. The van der Waals surface area contributed by atoms with Crippen LogP contribution in [-0.2, 0) is 9.09 Å². The quantitative estimate of drug-likeness (QED) is 0.485. The summed E-state index contributed by atoms with van der Waals surface area (Å²) in [6.07, 6.45) is 15.0. The Bertz CT molecular complexity index is 355. The molecule has 0 heterocycles. The van der Waals surface area contributed by atoms with E-state index in [0.717, 1.165) is 18.1 Å². The molecule has 0 bridgehead atoms. The summed E-state index contributed by atoms with van der Waals surface area (Å²) in [5, 5.41) is 2.72. The minimum atomic E-state index is -4.23. The molecule has 2 saturated carbocycles. The van der Waals surface area contributed by atoms with Gasteiger partial charge in [0.1, 0.15) is 0 Å². The van der Waals surface area contributed by atoms with Crippen molar-refractivity contribution in [3.63, 3.8) is 0 Å². The van der Waals surface area contributed by atoms with Crippen LogP contribution < -0.4 is 5.32 Å². The van der Waals surface area contributed by atoms with Crippen molar-refractivity contribution in [1.29, 1.82) is 0 Å². The van der Waals surface area contributed by atoms with Crippen LogP contribution in [0.15, 0.2) is 0 Å². The van der Waals surface area contributed by atoms with Gasteiger partial charge in [-0.3, -0.25) is 4.52 Å². The van der Waals surface area contributed by atoms with Gasteiger partial charge in [0, 0.05) is 8.07 Å². The van der Waals surface area contributed by atoms with Crippen LogP contribution in [0.5, 0.6) is 0 Å². The summed E-state index contributed by atoms with van der Waals surface area (Å²) < 4.78 is 14.5. The van der Waals surface area contributed by atoms with E-state index in [-0.39, 0.29) is 6.61 Å². The van der Waals surface area contributed by atoms with Crippen LogP contribution in [0.25, 0.3) is 0 Å². The predicted octanol–water partition coefficient (Wildman–Crippen LogP) is 3.65. The van der Waals surface area contributed by atoms with Crippen LogP contribution in [-0.4, -0.2) is 36.6 Å². The molecule has 0 radical (unpaired) electrons. The van der Waals surface area contributed by atoms with Crippen molar-refractivity contribution in [2.45, 2.75) is 102 Å². The highest BCUT2D eigenvalue weighted by Crippen LogP contribution is 2.36. The number of quaternary nitrogens is 1. The van der Waals surface area contributed by atoms with Crippen molar-refractivity contribution >= 4 is 15.9 Å². The van der Waals surface area contributed by atoms with Crippen molar-refractivity contribution < 1.29 is 24.2 Å². The van der Waals surface area contributed by atoms with E-state index in [9.17, 15) is 4.57 Å². The molecule has 5 nitrogen and oxygen atoms in total. The highest BCUT2D eigenvalue weighted by molar-refractivity contribution is 7.46. The Morgan fingerprint density at radius 3 is 1.67 bits per heavy atom. The first kappa shape index (κ1) is 22.3. The second-order valence-corrected chi connectivity index (χ2v) is 15.5. The normalized spacial score (nSPS) is 21.2. The molecule has 0 spiro atoms. The number of hydrogen-bond donors (Lipinski definition) is 3. The Labute approximate surface area is 149 Å². The third kappa shape index (κ3) is 12.6. The Hall–Kier alpha value is 0.287. The lowest BCUT2D eigenvalue weighted by atomic mass is 9.91. The van der Waals surface area contributed by atoms with Crippen molar-refractivity contribution in [2.75, 3.05) is 6.61 Å². The molecule has 7 heteroatoms. The number of phosphoric ester groups is 1. The van der Waals surface area contributed by atoms with Gasteiger partial charge in [-0.25, -0.2) is 4.57 Å². The fraction of sp³-hybridized carbons (Fsp3) is 1.00. The van der Waals surface area contributed by atoms with E-state index in [1.54, 1.807) is 0 Å². The van der Waals surface area contributed by atoms with E-state index in [1.165, 1.54) is 64.2 Å². The molecule has 0 aromatic rings. The van der Waals surface area contributed by atoms with Crippen LogP contribution in [0.2, 0.25) is 25.7 Å². The minimum Gasteiger partial charge on any atom is -0.341 e.